The molecule has 0 saturated carbocycles. The third-order valence-corrected chi connectivity index (χ3v) is 3.95. The minimum Gasteiger partial charge on any atom is -0.337 e. The summed E-state index contributed by atoms with van der Waals surface area (Å²) >= 11 is 0. The number of likely N-dealkylation sites (N-methyl/N-ethyl adjacent to an activating group) is 1. The van der Waals surface area contributed by atoms with Gasteiger partial charge >= 0.3 is 0 Å². The SMILES string of the molecule is CCN(CC)C1CCN(C(=O)c2ccc(F)c(F)c2)C1. The molecule has 1 unspecified atom stereocenters. The summed E-state index contributed by atoms with van der Waals surface area (Å²) in [6.07, 6.45) is 0.928. The molecule has 1 aromatic carbocycles. The number of likely N-dealkylation sites (tertiary alicyclic amines) is 1. The van der Waals surface area contributed by atoms with Crippen molar-refractivity contribution in [3.8, 4) is 0 Å². The van der Waals surface area contributed by atoms with Crippen molar-refractivity contribution in [2.45, 2.75) is 26.3 Å². The van der Waals surface area contributed by atoms with Gasteiger partial charge in [0, 0.05) is 24.7 Å². The minimum absolute atomic E-state index is 0.212. The second-order valence-electron chi connectivity index (χ2n) is 5.04. The zero-order valence-corrected chi connectivity index (χ0v) is 11.9. The van der Waals surface area contributed by atoms with Crippen molar-refractivity contribution in [2.75, 3.05) is 26.2 Å². The molecule has 0 aliphatic carbocycles. The molecule has 0 radical (unpaired) electrons. The number of hydrogen-bond donors (Lipinski definition) is 0. The van der Waals surface area contributed by atoms with Gasteiger partial charge in [0.25, 0.3) is 5.91 Å². The number of hydrogen-bond acceptors (Lipinski definition) is 2. The molecule has 20 heavy (non-hydrogen) atoms. The lowest BCUT2D eigenvalue weighted by atomic mass is 10.2. The van der Waals surface area contributed by atoms with Gasteiger partial charge in [-0.1, -0.05) is 13.8 Å². The van der Waals surface area contributed by atoms with E-state index in [4.69, 9.17) is 0 Å². The normalized spacial score (nSPS) is 18.9. The van der Waals surface area contributed by atoms with Gasteiger partial charge in [0.15, 0.2) is 11.6 Å². The summed E-state index contributed by atoms with van der Waals surface area (Å²) in [6.45, 7) is 7.42. The van der Waals surface area contributed by atoms with Crippen LogP contribution in [0.4, 0.5) is 8.78 Å². The predicted molar refractivity (Wildman–Crippen MR) is 73.6 cm³/mol. The molecule has 1 aliphatic heterocycles. The largest absolute Gasteiger partial charge is 0.337 e. The first-order chi connectivity index (χ1) is 9.56. The third-order valence-electron chi connectivity index (χ3n) is 3.95. The quantitative estimate of drug-likeness (QED) is 0.847. The van der Waals surface area contributed by atoms with Crippen molar-refractivity contribution in [1.82, 2.24) is 9.80 Å². The molecule has 1 aliphatic rings. The average Bonchev–Trinajstić information content (AvgIpc) is 2.92. The summed E-state index contributed by atoms with van der Waals surface area (Å²) in [5, 5.41) is 0. The molecular weight excluding hydrogens is 262 g/mol. The van der Waals surface area contributed by atoms with Gasteiger partial charge < -0.3 is 4.90 Å². The fourth-order valence-electron chi connectivity index (χ4n) is 2.78. The summed E-state index contributed by atoms with van der Waals surface area (Å²) < 4.78 is 26.1. The molecule has 1 heterocycles. The Bertz CT molecular complexity index is 489. The Morgan fingerprint density at radius 2 is 2.00 bits per heavy atom. The predicted octanol–water partition coefficient (Wildman–Crippen LogP) is 2.52. The number of carbonyl (C=O) groups excluding carboxylic acids is 1. The molecule has 0 aromatic heterocycles. The highest BCUT2D eigenvalue weighted by molar-refractivity contribution is 5.94. The van der Waals surface area contributed by atoms with Crippen molar-refractivity contribution >= 4 is 5.91 Å². The summed E-state index contributed by atoms with van der Waals surface area (Å²) in [7, 11) is 0. The van der Waals surface area contributed by atoms with Crippen LogP contribution in [-0.2, 0) is 0 Å². The molecule has 5 heteroatoms. The van der Waals surface area contributed by atoms with E-state index < -0.39 is 11.6 Å². The van der Waals surface area contributed by atoms with Crippen LogP contribution >= 0.6 is 0 Å². The molecule has 1 atom stereocenters. The van der Waals surface area contributed by atoms with Crippen molar-refractivity contribution in [3.05, 3.63) is 35.4 Å². The van der Waals surface area contributed by atoms with Crippen LogP contribution < -0.4 is 0 Å². The summed E-state index contributed by atoms with van der Waals surface area (Å²) in [4.78, 5) is 16.3. The van der Waals surface area contributed by atoms with Crippen molar-refractivity contribution < 1.29 is 13.6 Å². The number of rotatable bonds is 4. The number of halogens is 2. The van der Waals surface area contributed by atoms with Crippen LogP contribution in [0, 0.1) is 11.6 Å². The molecule has 1 aromatic rings. The van der Waals surface area contributed by atoms with E-state index in [1.54, 1.807) is 4.90 Å². The number of carbonyl (C=O) groups is 1. The Kier molecular flexibility index (Phi) is 4.70. The van der Waals surface area contributed by atoms with Gasteiger partial charge in [-0.3, -0.25) is 9.69 Å². The van der Waals surface area contributed by atoms with Gasteiger partial charge in [0.2, 0.25) is 0 Å². The van der Waals surface area contributed by atoms with Gasteiger partial charge in [0.1, 0.15) is 0 Å². The monoisotopic (exact) mass is 282 g/mol. The van der Waals surface area contributed by atoms with E-state index in [-0.39, 0.29) is 11.5 Å². The number of amides is 1. The van der Waals surface area contributed by atoms with Crippen molar-refractivity contribution in [2.24, 2.45) is 0 Å². The average molecular weight is 282 g/mol. The van der Waals surface area contributed by atoms with Gasteiger partial charge in [0.05, 0.1) is 0 Å². The Labute approximate surface area is 118 Å². The first-order valence-corrected chi connectivity index (χ1v) is 7.05. The van der Waals surface area contributed by atoms with E-state index in [2.05, 4.69) is 18.7 Å². The molecule has 3 nitrogen and oxygen atoms in total. The smallest absolute Gasteiger partial charge is 0.254 e. The second kappa shape index (κ2) is 6.31. The van der Waals surface area contributed by atoms with E-state index in [1.165, 1.54) is 6.07 Å². The van der Waals surface area contributed by atoms with Crippen molar-refractivity contribution in [3.63, 3.8) is 0 Å². The van der Waals surface area contributed by atoms with Gasteiger partial charge in [-0.2, -0.15) is 0 Å². The van der Waals surface area contributed by atoms with Gasteiger partial charge in [-0.15, -0.1) is 0 Å². The lowest BCUT2D eigenvalue weighted by Crippen LogP contribution is -2.38. The molecule has 1 fully saturated rings. The van der Waals surface area contributed by atoms with E-state index >= 15 is 0 Å². The van der Waals surface area contributed by atoms with Gasteiger partial charge in [-0.05, 0) is 37.7 Å². The van der Waals surface area contributed by atoms with Crippen LogP contribution in [-0.4, -0.2) is 47.9 Å². The highest BCUT2D eigenvalue weighted by atomic mass is 19.2. The minimum atomic E-state index is -0.977. The molecule has 110 valence electrons. The van der Waals surface area contributed by atoms with Crippen LogP contribution in [0.25, 0.3) is 0 Å². The summed E-state index contributed by atoms with van der Waals surface area (Å²) in [5.74, 6) is -2.13. The standard InChI is InChI=1S/C15H20F2N2O/c1-3-18(4-2)12-7-8-19(10-12)15(20)11-5-6-13(16)14(17)9-11/h5-6,9,12H,3-4,7-8,10H2,1-2H3. The maximum absolute atomic E-state index is 13.2. The zero-order valence-electron chi connectivity index (χ0n) is 11.9. The Balaban J connectivity index is 2.05. The van der Waals surface area contributed by atoms with E-state index in [9.17, 15) is 13.6 Å². The summed E-state index contributed by atoms with van der Waals surface area (Å²) in [5.41, 5.74) is 0.212. The highest BCUT2D eigenvalue weighted by Gasteiger charge is 2.29. The highest BCUT2D eigenvalue weighted by Crippen LogP contribution is 2.19. The molecular formula is C15H20F2N2O. The summed E-state index contributed by atoms with van der Waals surface area (Å²) in [6, 6.07) is 3.67. The van der Waals surface area contributed by atoms with Crippen LogP contribution in [0.15, 0.2) is 18.2 Å². The fourth-order valence-corrected chi connectivity index (χ4v) is 2.78. The Morgan fingerprint density at radius 3 is 2.60 bits per heavy atom. The number of benzene rings is 1. The van der Waals surface area contributed by atoms with Crippen LogP contribution in [0.3, 0.4) is 0 Å². The molecule has 2 rings (SSSR count). The van der Waals surface area contributed by atoms with Crippen LogP contribution in [0.1, 0.15) is 30.6 Å². The molecule has 1 saturated heterocycles. The van der Waals surface area contributed by atoms with Crippen molar-refractivity contribution in [1.29, 1.82) is 0 Å². The van der Waals surface area contributed by atoms with E-state index in [0.717, 1.165) is 31.6 Å². The first-order valence-electron chi connectivity index (χ1n) is 7.05. The molecule has 0 N–H and O–H groups in total. The molecule has 1 amide bonds. The second-order valence-corrected chi connectivity index (χ2v) is 5.04. The lowest BCUT2D eigenvalue weighted by molar-refractivity contribution is 0.0777. The van der Waals surface area contributed by atoms with Crippen LogP contribution in [0.2, 0.25) is 0 Å². The van der Waals surface area contributed by atoms with E-state index in [0.29, 0.717) is 19.1 Å². The maximum Gasteiger partial charge on any atom is 0.254 e. The number of nitrogens with zero attached hydrogens (tertiary/aromatic N) is 2. The fraction of sp³-hybridized carbons (Fsp3) is 0.533. The first kappa shape index (κ1) is 14.9. The van der Waals surface area contributed by atoms with Gasteiger partial charge in [-0.25, -0.2) is 8.78 Å². The van der Waals surface area contributed by atoms with E-state index in [1.807, 2.05) is 0 Å². The maximum atomic E-state index is 13.2. The lowest BCUT2D eigenvalue weighted by Gasteiger charge is -2.26. The van der Waals surface area contributed by atoms with Crippen LogP contribution in [0.5, 0.6) is 0 Å². The zero-order chi connectivity index (χ0) is 14.7. The third kappa shape index (κ3) is 2.98. The molecule has 0 bridgehead atoms. The topological polar surface area (TPSA) is 23.6 Å². The Hall–Kier alpha value is -1.49. The Morgan fingerprint density at radius 1 is 1.30 bits per heavy atom. The molecule has 0 spiro atoms.